The van der Waals surface area contributed by atoms with E-state index in [1.54, 1.807) is 0 Å². The molecule has 4 heteroatoms. The van der Waals surface area contributed by atoms with Crippen LogP contribution in [0.5, 0.6) is 0 Å². The molecule has 2 fully saturated rings. The van der Waals surface area contributed by atoms with Crippen LogP contribution in [-0.4, -0.2) is 53.8 Å². The number of hydrogen-bond acceptors (Lipinski definition) is 2. The van der Waals surface area contributed by atoms with Crippen molar-refractivity contribution in [2.24, 2.45) is 0 Å². The van der Waals surface area contributed by atoms with E-state index >= 15 is 0 Å². The van der Waals surface area contributed by atoms with Crippen LogP contribution in [-0.2, 0) is 4.79 Å². The molecule has 2 saturated heterocycles. The van der Waals surface area contributed by atoms with Gasteiger partial charge in [-0.15, -0.1) is 11.6 Å². The number of hydrogen-bond donors (Lipinski definition) is 0. The molecule has 0 radical (unpaired) electrons. The molecule has 86 valence electrons. The molecule has 2 aliphatic rings. The minimum atomic E-state index is 0.361. The van der Waals surface area contributed by atoms with Crippen LogP contribution >= 0.6 is 11.6 Å². The number of alkyl halides is 1. The average molecular weight is 231 g/mol. The molecule has 0 aromatic heterocycles. The van der Waals surface area contributed by atoms with Gasteiger partial charge in [0.15, 0.2) is 0 Å². The van der Waals surface area contributed by atoms with Crippen molar-refractivity contribution in [3.63, 3.8) is 0 Å². The topological polar surface area (TPSA) is 23.6 Å². The molecule has 0 aliphatic carbocycles. The highest BCUT2D eigenvalue weighted by molar-refractivity contribution is 6.17. The lowest BCUT2D eigenvalue weighted by molar-refractivity contribution is -0.130. The quantitative estimate of drug-likeness (QED) is 0.537. The number of amides is 1. The second kappa shape index (κ2) is 5.17. The molecular formula is C11H19ClN2O. The molecular weight excluding hydrogens is 212 g/mol. The maximum atomic E-state index is 11.5. The van der Waals surface area contributed by atoms with E-state index in [9.17, 15) is 4.79 Å². The minimum absolute atomic E-state index is 0.361. The summed E-state index contributed by atoms with van der Waals surface area (Å²) in [6, 6.07) is 0.502. The first-order chi connectivity index (χ1) is 7.31. The van der Waals surface area contributed by atoms with Crippen molar-refractivity contribution in [2.45, 2.75) is 31.7 Å². The fourth-order valence-corrected chi connectivity index (χ4v) is 2.75. The maximum Gasteiger partial charge on any atom is 0.222 e. The van der Waals surface area contributed by atoms with Crippen LogP contribution in [0.15, 0.2) is 0 Å². The predicted molar refractivity (Wildman–Crippen MR) is 61.1 cm³/mol. The van der Waals surface area contributed by atoms with Gasteiger partial charge in [-0.05, 0) is 25.8 Å². The normalized spacial score (nSPS) is 27.1. The highest BCUT2D eigenvalue weighted by Gasteiger charge is 2.34. The minimum Gasteiger partial charge on any atom is -0.337 e. The second-order valence-corrected chi connectivity index (χ2v) is 4.85. The van der Waals surface area contributed by atoms with Crippen molar-refractivity contribution in [2.75, 3.05) is 32.1 Å². The first kappa shape index (κ1) is 11.2. The van der Waals surface area contributed by atoms with E-state index in [4.69, 9.17) is 11.6 Å². The third-order valence-corrected chi connectivity index (χ3v) is 3.70. The largest absolute Gasteiger partial charge is 0.337 e. The van der Waals surface area contributed by atoms with E-state index in [0.717, 1.165) is 51.3 Å². The smallest absolute Gasteiger partial charge is 0.222 e. The molecule has 0 aromatic carbocycles. The summed E-state index contributed by atoms with van der Waals surface area (Å²) < 4.78 is 0. The van der Waals surface area contributed by atoms with Crippen LogP contribution in [0.25, 0.3) is 0 Å². The van der Waals surface area contributed by atoms with Crippen LogP contribution in [0.1, 0.15) is 25.7 Å². The van der Waals surface area contributed by atoms with Gasteiger partial charge < -0.3 is 4.90 Å². The van der Waals surface area contributed by atoms with Gasteiger partial charge >= 0.3 is 0 Å². The summed E-state index contributed by atoms with van der Waals surface area (Å²) in [5, 5.41) is 0. The fraction of sp³-hybridized carbons (Fsp3) is 0.909. The number of carbonyl (C=O) groups excluding carboxylic acids is 1. The summed E-state index contributed by atoms with van der Waals surface area (Å²) >= 11 is 5.66. The zero-order chi connectivity index (χ0) is 10.7. The van der Waals surface area contributed by atoms with Gasteiger partial charge in [0.25, 0.3) is 0 Å². The summed E-state index contributed by atoms with van der Waals surface area (Å²) in [6.45, 7) is 4.20. The first-order valence-electron chi connectivity index (χ1n) is 5.89. The van der Waals surface area contributed by atoms with Gasteiger partial charge in [-0.2, -0.15) is 0 Å². The molecule has 1 amide bonds. The van der Waals surface area contributed by atoms with Crippen LogP contribution < -0.4 is 0 Å². The van der Waals surface area contributed by atoms with Crippen LogP contribution in [0, 0.1) is 0 Å². The zero-order valence-corrected chi connectivity index (χ0v) is 9.88. The number of nitrogens with zero attached hydrogens (tertiary/aromatic N) is 2. The Hall–Kier alpha value is -0.280. The summed E-state index contributed by atoms with van der Waals surface area (Å²) in [4.78, 5) is 16.0. The van der Waals surface area contributed by atoms with Gasteiger partial charge in [0.05, 0.1) is 0 Å². The third kappa shape index (κ3) is 2.64. The number of carbonyl (C=O) groups is 1. The van der Waals surface area contributed by atoms with Crippen LogP contribution in [0.2, 0.25) is 0 Å². The van der Waals surface area contributed by atoms with E-state index in [2.05, 4.69) is 9.80 Å². The number of rotatable bonds is 4. The Morgan fingerprint density at radius 3 is 3.00 bits per heavy atom. The summed E-state index contributed by atoms with van der Waals surface area (Å²) in [6.07, 6.45) is 4.11. The Morgan fingerprint density at radius 2 is 2.20 bits per heavy atom. The van der Waals surface area contributed by atoms with E-state index in [1.807, 2.05) is 0 Å². The van der Waals surface area contributed by atoms with Gasteiger partial charge in [0.1, 0.15) is 0 Å². The lowest BCUT2D eigenvalue weighted by atomic mass is 10.1. The van der Waals surface area contributed by atoms with Crippen molar-refractivity contribution < 1.29 is 4.79 Å². The second-order valence-electron chi connectivity index (χ2n) is 4.48. The Labute approximate surface area is 96.4 Å². The monoisotopic (exact) mass is 230 g/mol. The van der Waals surface area contributed by atoms with Gasteiger partial charge in [0.2, 0.25) is 5.91 Å². The highest BCUT2D eigenvalue weighted by Crippen LogP contribution is 2.22. The van der Waals surface area contributed by atoms with Crippen molar-refractivity contribution >= 4 is 17.5 Å². The molecule has 0 aromatic rings. The third-order valence-electron chi connectivity index (χ3n) is 3.44. The standard InChI is InChI=1S/C11H19ClN2O/c12-5-1-2-6-13-7-8-14-10(9-13)3-4-11(14)15/h10H,1-9H2. The van der Waals surface area contributed by atoms with Crippen molar-refractivity contribution in [1.82, 2.24) is 9.80 Å². The van der Waals surface area contributed by atoms with Gasteiger partial charge in [-0.1, -0.05) is 0 Å². The van der Waals surface area contributed by atoms with E-state index in [0.29, 0.717) is 11.9 Å². The molecule has 0 spiro atoms. The van der Waals surface area contributed by atoms with E-state index in [1.165, 1.54) is 6.42 Å². The Bertz CT molecular complexity index is 235. The summed E-state index contributed by atoms with van der Waals surface area (Å²) in [5.41, 5.74) is 0. The fourth-order valence-electron chi connectivity index (χ4n) is 2.56. The van der Waals surface area contributed by atoms with Crippen molar-refractivity contribution in [3.05, 3.63) is 0 Å². The Kier molecular flexibility index (Phi) is 3.87. The van der Waals surface area contributed by atoms with Crippen LogP contribution in [0.4, 0.5) is 0 Å². The number of unbranched alkanes of at least 4 members (excludes halogenated alkanes) is 1. The van der Waals surface area contributed by atoms with Crippen LogP contribution in [0.3, 0.4) is 0 Å². The molecule has 2 rings (SSSR count). The van der Waals surface area contributed by atoms with Gasteiger partial charge in [0, 0.05) is 38.0 Å². The maximum absolute atomic E-state index is 11.5. The zero-order valence-electron chi connectivity index (χ0n) is 9.12. The van der Waals surface area contributed by atoms with Gasteiger partial charge in [-0.25, -0.2) is 0 Å². The Balaban J connectivity index is 1.75. The molecule has 0 N–H and O–H groups in total. The molecule has 1 atom stereocenters. The van der Waals surface area contributed by atoms with Gasteiger partial charge in [-0.3, -0.25) is 9.69 Å². The van der Waals surface area contributed by atoms with Crippen molar-refractivity contribution in [3.8, 4) is 0 Å². The first-order valence-corrected chi connectivity index (χ1v) is 6.42. The number of halogens is 1. The average Bonchev–Trinajstić information content (AvgIpc) is 2.61. The number of fused-ring (bicyclic) bond motifs is 1. The van der Waals surface area contributed by atoms with E-state index < -0.39 is 0 Å². The summed E-state index contributed by atoms with van der Waals surface area (Å²) in [7, 11) is 0. The SMILES string of the molecule is O=C1CCC2CN(CCCCCl)CCN12. The molecule has 0 saturated carbocycles. The molecule has 2 aliphatic heterocycles. The molecule has 15 heavy (non-hydrogen) atoms. The molecule has 0 bridgehead atoms. The molecule has 3 nitrogen and oxygen atoms in total. The highest BCUT2D eigenvalue weighted by atomic mass is 35.5. The lowest BCUT2D eigenvalue weighted by Crippen LogP contribution is -2.51. The molecule has 1 unspecified atom stereocenters. The Morgan fingerprint density at radius 1 is 1.33 bits per heavy atom. The van der Waals surface area contributed by atoms with Crippen molar-refractivity contribution in [1.29, 1.82) is 0 Å². The summed E-state index contributed by atoms with van der Waals surface area (Å²) in [5.74, 6) is 1.13. The van der Waals surface area contributed by atoms with E-state index in [-0.39, 0.29) is 0 Å². The number of piperazine rings is 1. The molecule has 2 heterocycles. The lowest BCUT2D eigenvalue weighted by Gasteiger charge is -2.37. The predicted octanol–water partition coefficient (Wildman–Crippen LogP) is 1.31.